The lowest BCUT2D eigenvalue weighted by Gasteiger charge is -2.41. The number of anilines is 1. The third kappa shape index (κ3) is 5.89. The molecule has 1 aliphatic heterocycles. The molecule has 32 heavy (non-hydrogen) atoms. The number of rotatable bonds is 8. The minimum atomic E-state index is -0.816. The molecule has 1 fully saturated rings. The predicted octanol–water partition coefficient (Wildman–Crippen LogP) is 1.25. The first kappa shape index (κ1) is 22.9. The average Bonchev–Trinajstić information content (AvgIpc) is 3.14. The van der Waals surface area contributed by atoms with Crippen molar-refractivity contribution < 1.29 is 9.18 Å². The lowest BCUT2D eigenvalue weighted by atomic mass is 9.84. The van der Waals surface area contributed by atoms with Crippen LogP contribution in [0.5, 0.6) is 0 Å². The minimum absolute atomic E-state index is 0.101. The molecule has 168 valence electrons. The van der Waals surface area contributed by atoms with Gasteiger partial charge in [-0.15, -0.1) is 0 Å². The number of amides is 1. The fraction of sp³-hybridized carbons (Fsp3) is 0.381. The molecule has 0 bridgehead atoms. The van der Waals surface area contributed by atoms with Crippen molar-refractivity contribution in [2.75, 3.05) is 18.4 Å². The normalized spacial score (nSPS) is 16.2. The van der Waals surface area contributed by atoms with Gasteiger partial charge in [-0.05, 0) is 25.0 Å². The van der Waals surface area contributed by atoms with E-state index in [0.29, 0.717) is 12.8 Å². The first-order valence-electron chi connectivity index (χ1n) is 10.1. The van der Waals surface area contributed by atoms with Crippen LogP contribution in [-0.4, -0.2) is 50.0 Å². The standard InChI is InChI=1S/C21H26FN9O/c1-30-9-3-16(29-30)14-31-10-5-21(4-7-23,6-11-31)27-13-17(20(25)32)19(24)28-15-2-8-26-18(22)12-15/h2-3,8-9,12-13,27H,4-6,10-11,14H2,1H3,(H2,25,32)(H2,24,26,28)/b17-13+. The van der Waals surface area contributed by atoms with Crippen LogP contribution in [0.2, 0.25) is 0 Å². The van der Waals surface area contributed by atoms with Gasteiger partial charge in [0.25, 0.3) is 5.91 Å². The molecule has 2 aromatic rings. The van der Waals surface area contributed by atoms with E-state index in [-0.39, 0.29) is 23.5 Å². The molecule has 3 rings (SSSR count). The summed E-state index contributed by atoms with van der Waals surface area (Å²) < 4.78 is 15.1. The maximum atomic E-state index is 13.3. The molecular formula is C21H26FN9O. The van der Waals surface area contributed by atoms with Gasteiger partial charge in [-0.3, -0.25) is 19.8 Å². The molecule has 1 aliphatic rings. The van der Waals surface area contributed by atoms with Crippen LogP contribution in [0, 0.1) is 22.7 Å². The molecule has 10 nitrogen and oxygen atoms in total. The molecule has 0 atom stereocenters. The summed E-state index contributed by atoms with van der Waals surface area (Å²) in [5.74, 6) is -1.81. The summed E-state index contributed by atoms with van der Waals surface area (Å²) in [5.41, 5.74) is 6.07. The van der Waals surface area contributed by atoms with Crippen LogP contribution in [0.25, 0.3) is 0 Å². The fourth-order valence-corrected chi connectivity index (χ4v) is 3.62. The van der Waals surface area contributed by atoms with E-state index in [0.717, 1.165) is 31.4 Å². The first-order valence-corrected chi connectivity index (χ1v) is 10.1. The molecule has 0 spiro atoms. The monoisotopic (exact) mass is 439 g/mol. The summed E-state index contributed by atoms with van der Waals surface area (Å²) in [6.45, 7) is 2.22. The average molecular weight is 439 g/mol. The number of aromatic nitrogens is 3. The van der Waals surface area contributed by atoms with Crippen molar-refractivity contribution in [2.24, 2.45) is 12.8 Å². The molecule has 11 heteroatoms. The van der Waals surface area contributed by atoms with Gasteiger partial charge in [0.05, 0.1) is 29.3 Å². The van der Waals surface area contributed by atoms with Gasteiger partial charge < -0.3 is 16.4 Å². The SMILES string of the molecule is Cn1ccc(CN2CCC(CC#N)(N/C=C(\C(=N)Nc3ccnc(F)c3)C(N)=O)CC2)n1. The quantitative estimate of drug-likeness (QED) is 0.209. The molecular weight excluding hydrogens is 413 g/mol. The third-order valence-corrected chi connectivity index (χ3v) is 5.44. The van der Waals surface area contributed by atoms with E-state index in [1.165, 1.54) is 18.5 Å². The molecule has 0 unspecified atom stereocenters. The molecule has 1 saturated heterocycles. The van der Waals surface area contributed by atoms with Gasteiger partial charge in [0.15, 0.2) is 0 Å². The number of hydrogen-bond donors (Lipinski definition) is 4. The number of carbonyl (C=O) groups excluding carboxylic acids is 1. The zero-order chi connectivity index (χ0) is 23.1. The predicted molar refractivity (Wildman–Crippen MR) is 117 cm³/mol. The van der Waals surface area contributed by atoms with Crippen LogP contribution in [-0.2, 0) is 18.4 Å². The largest absolute Gasteiger partial charge is 0.384 e. The number of nitrogens with one attached hydrogen (secondary N) is 3. The van der Waals surface area contributed by atoms with E-state index < -0.39 is 17.4 Å². The van der Waals surface area contributed by atoms with Crippen molar-refractivity contribution in [3.63, 3.8) is 0 Å². The number of halogens is 1. The van der Waals surface area contributed by atoms with Gasteiger partial charge in [0.1, 0.15) is 5.84 Å². The Balaban J connectivity index is 1.67. The number of carbonyl (C=O) groups is 1. The highest BCUT2D eigenvalue weighted by Gasteiger charge is 2.34. The highest BCUT2D eigenvalue weighted by molar-refractivity contribution is 6.23. The summed E-state index contributed by atoms with van der Waals surface area (Å²) in [5, 5.41) is 27.8. The Morgan fingerprint density at radius 1 is 1.44 bits per heavy atom. The molecule has 0 radical (unpaired) electrons. The van der Waals surface area contributed by atoms with Crippen LogP contribution < -0.4 is 16.4 Å². The number of primary amides is 1. The second-order valence-electron chi connectivity index (χ2n) is 7.81. The topological polar surface area (TPSA) is 149 Å². The lowest BCUT2D eigenvalue weighted by Crippen LogP contribution is -2.51. The van der Waals surface area contributed by atoms with Crippen molar-refractivity contribution in [1.82, 2.24) is 25.0 Å². The number of nitrogens with zero attached hydrogens (tertiary/aromatic N) is 5. The Kier molecular flexibility index (Phi) is 7.17. The van der Waals surface area contributed by atoms with Gasteiger partial charge in [0, 0.05) is 57.0 Å². The Morgan fingerprint density at radius 2 is 2.19 bits per heavy atom. The molecule has 2 aromatic heterocycles. The van der Waals surface area contributed by atoms with Gasteiger partial charge in [-0.2, -0.15) is 14.8 Å². The zero-order valence-corrected chi connectivity index (χ0v) is 17.8. The number of hydrogen-bond acceptors (Lipinski definition) is 7. The molecule has 5 N–H and O–H groups in total. The Labute approximate surface area is 185 Å². The summed E-state index contributed by atoms with van der Waals surface area (Å²) in [6, 6.07) is 6.77. The molecule has 1 amide bonds. The number of likely N-dealkylation sites (tertiary alicyclic amines) is 1. The Bertz CT molecular complexity index is 1050. The van der Waals surface area contributed by atoms with E-state index in [9.17, 15) is 14.4 Å². The number of nitriles is 1. The zero-order valence-electron chi connectivity index (χ0n) is 17.8. The molecule has 0 aliphatic carbocycles. The van der Waals surface area contributed by atoms with Gasteiger partial charge in [-0.1, -0.05) is 0 Å². The van der Waals surface area contributed by atoms with Gasteiger partial charge in [0.2, 0.25) is 5.95 Å². The fourth-order valence-electron chi connectivity index (χ4n) is 3.62. The van der Waals surface area contributed by atoms with Gasteiger partial charge >= 0.3 is 0 Å². The first-order chi connectivity index (χ1) is 15.3. The molecule has 3 heterocycles. The number of pyridine rings is 1. The number of aryl methyl sites for hydroxylation is 1. The van der Waals surface area contributed by atoms with E-state index in [1.807, 2.05) is 19.3 Å². The van der Waals surface area contributed by atoms with Crippen molar-refractivity contribution in [1.29, 1.82) is 10.7 Å². The highest BCUT2D eigenvalue weighted by Crippen LogP contribution is 2.27. The molecule has 0 aromatic carbocycles. The Hall–Kier alpha value is -3.78. The van der Waals surface area contributed by atoms with Gasteiger partial charge in [-0.25, -0.2) is 4.98 Å². The van der Waals surface area contributed by atoms with Crippen LogP contribution >= 0.6 is 0 Å². The second kappa shape index (κ2) is 10.0. The summed E-state index contributed by atoms with van der Waals surface area (Å²) >= 11 is 0. The van der Waals surface area contributed by atoms with E-state index in [2.05, 4.69) is 31.7 Å². The Morgan fingerprint density at radius 3 is 2.78 bits per heavy atom. The van der Waals surface area contributed by atoms with Crippen molar-refractivity contribution >= 4 is 17.4 Å². The van der Waals surface area contributed by atoms with Crippen LogP contribution in [0.1, 0.15) is 25.0 Å². The van der Waals surface area contributed by atoms with Crippen molar-refractivity contribution in [2.45, 2.75) is 31.3 Å². The number of amidine groups is 1. The lowest BCUT2D eigenvalue weighted by molar-refractivity contribution is -0.114. The highest BCUT2D eigenvalue weighted by atomic mass is 19.1. The van der Waals surface area contributed by atoms with Crippen LogP contribution in [0.4, 0.5) is 10.1 Å². The van der Waals surface area contributed by atoms with E-state index in [1.54, 1.807) is 4.68 Å². The summed E-state index contributed by atoms with van der Waals surface area (Å²) in [7, 11) is 1.88. The molecule has 0 saturated carbocycles. The third-order valence-electron chi connectivity index (χ3n) is 5.44. The number of piperidine rings is 1. The smallest absolute Gasteiger partial charge is 0.253 e. The van der Waals surface area contributed by atoms with Crippen LogP contribution in [0.15, 0.2) is 42.4 Å². The van der Waals surface area contributed by atoms with E-state index in [4.69, 9.17) is 11.1 Å². The summed E-state index contributed by atoms with van der Waals surface area (Å²) in [4.78, 5) is 17.7. The second-order valence-corrected chi connectivity index (χ2v) is 7.81. The maximum Gasteiger partial charge on any atom is 0.253 e. The number of nitrogens with two attached hydrogens (primary N) is 1. The minimum Gasteiger partial charge on any atom is -0.384 e. The van der Waals surface area contributed by atoms with E-state index >= 15 is 0 Å². The maximum absolute atomic E-state index is 13.3. The van der Waals surface area contributed by atoms with Crippen molar-refractivity contribution in [3.8, 4) is 6.07 Å². The van der Waals surface area contributed by atoms with Crippen molar-refractivity contribution in [3.05, 3.63) is 54.0 Å². The summed E-state index contributed by atoms with van der Waals surface area (Å²) in [6.07, 6.45) is 6.11. The van der Waals surface area contributed by atoms with Crippen LogP contribution in [0.3, 0.4) is 0 Å².